The number of carbonyl (C=O) groups excluding carboxylic acids is 3. The summed E-state index contributed by atoms with van der Waals surface area (Å²) in [6.07, 6.45) is -1.06. The number of ether oxygens (including phenoxy) is 1. The van der Waals surface area contributed by atoms with Crippen LogP contribution in [-0.4, -0.2) is 43.8 Å². The van der Waals surface area contributed by atoms with Gasteiger partial charge >= 0.3 is 5.97 Å². The molecule has 1 saturated heterocycles. The van der Waals surface area contributed by atoms with Crippen molar-refractivity contribution in [2.45, 2.75) is 30.9 Å². The molecule has 1 aliphatic rings. The predicted octanol–water partition coefficient (Wildman–Crippen LogP) is 1.25. The Balaban J connectivity index is 1.52. The van der Waals surface area contributed by atoms with Crippen LogP contribution in [0.25, 0.3) is 0 Å². The maximum Gasteiger partial charge on any atom is 0.312 e. The minimum atomic E-state index is -3.83. The molecule has 2 atom stereocenters. The Bertz CT molecular complexity index is 1070. The molecule has 2 aromatic carbocycles. The molecular formula is C21H23N3O6S. The van der Waals surface area contributed by atoms with Gasteiger partial charge in [-0.05, 0) is 36.8 Å². The summed E-state index contributed by atoms with van der Waals surface area (Å²) < 4.78 is 27.8. The maximum atomic E-state index is 12.4. The van der Waals surface area contributed by atoms with Crippen LogP contribution >= 0.6 is 0 Å². The third-order valence-corrected chi connectivity index (χ3v) is 5.81. The number of hydrogen-bond acceptors (Lipinski definition) is 6. The van der Waals surface area contributed by atoms with Crippen LogP contribution in [-0.2, 0) is 35.7 Å². The minimum Gasteiger partial charge on any atom is -0.452 e. The van der Waals surface area contributed by atoms with Crippen LogP contribution in [0.3, 0.4) is 0 Å². The number of primary sulfonamides is 1. The number of benzene rings is 2. The second-order valence-electron chi connectivity index (χ2n) is 7.30. The summed E-state index contributed by atoms with van der Waals surface area (Å²) in [5.41, 5.74) is 1.29. The number of amides is 2. The summed E-state index contributed by atoms with van der Waals surface area (Å²) in [5.74, 6) is -1.98. The molecule has 0 saturated carbocycles. The molecule has 0 radical (unpaired) electrons. The second kappa shape index (κ2) is 9.27. The smallest absolute Gasteiger partial charge is 0.312 e. The first kappa shape index (κ1) is 22.4. The number of nitrogens with two attached hydrogens (primary N) is 1. The molecule has 2 aromatic rings. The van der Waals surface area contributed by atoms with Crippen LogP contribution in [0.2, 0.25) is 0 Å². The van der Waals surface area contributed by atoms with Gasteiger partial charge in [0.2, 0.25) is 15.9 Å². The Kier molecular flexibility index (Phi) is 6.71. The van der Waals surface area contributed by atoms with Crippen LogP contribution in [0.15, 0.2) is 59.5 Å². The van der Waals surface area contributed by atoms with Gasteiger partial charge in [0.15, 0.2) is 6.10 Å². The molecule has 0 bridgehead atoms. The lowest BCUT2D eigenvalue weighted by atomic mass is 10.1. The first-order valence-electron chi connectivity index (χ1n) is 9.59. The highest BCUT2D eigenvalue weighted by atomic mass is 32.2. The third kappa shape index (κ3) is 5.89. The molecule has 1 heterocycles. The molecule has 1 aliphatic heterocycles. The van der Waals surface area contributed by atoms with Crippen LogP contribution in [0.4, 0.5) is 5.69 Å². The van der Waals surface area contributed by atoms with Crippen molar-refractivity contribution >= 4 is 33.5 Å². The van der Waals surface area contributed by atoms with Gasteiger partial charge in [-0.15, -0.1) is 0 Å². The SMILES string of the molecule is C[C@@H](OC(=O)[C@H]1CC(=O)N(Cc2ccccc2)C1)C(=O)Nc1ccc(S(N)(=O)=O)cc1. The molecule has 0 unspecified atom stereocenters. The van der Waals surface area contributed by atoms with Crippen molar-refractivity contribution in [2.24, 2.45) is 11.1 Å². The lowest BCUT2D eigenvalue weighted by Crippen LogP contribution is -2.33. The summed E-state index contributed by atoms with van der Waals surface area (Å²) in [6.45, 7) is 2.06. The number of nitrogens with one attached hydrogen (secondary N) is 1. The predicted molar refractivity (Wildman–Crippen MR) is 112 cm³/mol. The van der Waals surface area contributed by atoms with Crippen LogP contribution in [0, 0.1) is 5.92 Å². The monoisotopic (exact) mass is 445 g/mol. The summed E-state index contributed by atoms with van der Waals surface area (Å²) in [4.78, 5) is 38.5. The fraction of sp³-hybridized carbons (Fsp3) is 0.286. The number of esters is 1. The molecule has 3 rings (SSSR count). The number of likely N-dealkylation sites (tertiary alicyclic amines) is 1. The van der Waals surface area contributed by atoms with E-state index in [4.69, 9.17) is 9.88 Å². The van der Waals surface area contributed by atoms with Crippen molar-refractivity contribution in [2.75, 3.05) is 11.9 Å². The number of nitrogens with zero attached hydrogens (tertiary/aromatic N) is 1. The fourth-order valence-corrected chi connectivity index (χ4v) is 3.70. The van der Waals surface area contributed by atoms with Crippen molar-refractivity contribution in [3.63, 3.8) is 0 Å². The van der Waals surface area contributed by atoms with E-state index in [-0.39, 0.29) is 23.8 Å². The second-order valence-corrected chi connectivity index (χ2v) is 8.86. The highest BCUT2D eigenvalue weighted by Gasteiger charge is 2.36. The molecule has 164 valence electrons. The van der Waals surface area contributed by atoms with Crippen molar-refractivity contribution in [3.8, 4) is 0 Å². The Morgan fingerprint density at radius 2 is 1.81 bits per heavy atom. The van der Waals surface area contributed by atoms with Gasteiger partial charge in [0.25, 0.3) is 5.91 Å². The lowest BCUT2D eigenvalue weighted by molar-refractivity contribution is -0.157. The number of anilines is 1. The van der Waals surface area contributed by atoms with Gasteiger partial charge in [-0.3, -0.25) is 14.4 Å². The fourth-order valence-electron chi connectivity index (χ4n) is 3.18. The van der Waals surface area contributed by atoms with Crippen molar-refractivity contribution in [1.82, 2.24) is 4.90 Å². The average molecular weight is 445 g/mol. The Hall–Kier alpha value is -3.24. The van der Waals surface area contributed by atoms with E-state index in [0.29, 0.717) is 12.2 Å². The zero-order chi connectivity index (χ0) is 22.6. The van der Waals surface area contributed by atoms with E-state index >= 15 is 0 Å². The molecule has 2 amide bonds. The first-order chi connectivity index (χ1) is 14.6. The quantitative estimate of drug-likeness (QED) is 0.616. The van der Waals surface area contributed by atoms with Gasteiger partial charge in [0, 0.05) is 25.2 Å². The van der Waals surface area contributed by atoms with E-state index in [0.717, 1.165) is 5.56 Å². The minimum absolute atomic E-state index is 0.0367. The molecular weight excluding hydrogens is 422 g/mol. The van der Waals surface area contributed by atoms with Gasteiger partial charge in [-0.1, -0.05) is 30.3 Å². The molecule has 0 aromatic heterocycles. The highest BCUT2D eigenvalue weighted by Crippen LogP contribution is 2.22. The molecule has 3 N–H and O–H groups in total. The summed E-state index contributed by atoms with van der Waals surface area (Å²) in [6, 6.07) is 14.7. The van der Waals surface area contributed by atoms with Gasteiger partial charge in [0.05, 0.1) is 10.8 Å². The maximum absolute atomic E-state index is 12.4. The average Bonchev–Trinajstić information content (AvgIpc) is 3.09. The Labute approximate surface area is 180 Å². The summed E-state index contributed by atoms with van der Waals surface area (Å²) >= 11 is 0. The van der Waals surface area contributed by atoms with E-state index in [9.17, 15) is 22.8 Å². The van der Waals surface area contributed by atoms with Gasteiger partial charge in [-0.25, -0.2) is 13.6 Å². The van der Waals surface area contributed by atoms with E-state index in [1.807, 2.05) is 30.3 Å². The van der Waals surface area contributed by atoms with Crippen molar-refractivity contribution < 1.29 is 27.5 Å². The highest BCUT2D eigenvalue weighted by molar-refractivity contribution is 7.89. The number of sulfonamides is 1. The van der Waals surface area contributed by atoms with E-state index in [2.05, 4.69) is 5.32 Å². The zero-order valence-corrected chi connectivity index (χ0v) is 17.7. The van der Waals surface area contributed by atoms with Crippen molar-refractivity contribution in [1.29, 1.82) is 0 Å². The first-order valence-corrected chi connectivity index (χ1v) is 11.1. The van der Waals surface area contributed by atoms with Crippen molar-refractivity contribution in [3.05, 3.63) is 60.2 Å². The Morgan fingerprint density at radius 1 is 1.16 bits per heavy atom. The number of hydrogen-bond donors (Lipinski definition) is 2. The lowest BCUT2D eigenvalue weighted by Gasteiger charge is -2.18. The van der Waals surface area contributed by atoms with Crippen LogP contribution in [0.5, 0.6) is 0 Å². The van der Waals surface area contributed by atoms with Gasteiger partial charge in [-0.2, -0.15) is 0 Å². The summed E-state index contributed by atoms with van der Waals surface area (Å²) in [5, 5.41) is 7.57. The van der Waals surface area contributed by atoms with Gasteiger partial charge < -0.3 is 15.0 Å². The third-order valence-electron chi connectivity index (χ3n) is 4.88. The molecule has 9 nitrogen and oxygen atoms in total. The van der Waals surface area contributed by atoms with E-state index in [1.54, 1.807) is 4.90 Å². The molecule has 31 heavy (non-hydrogen) atoms. The number of rotatable bonds is 7. The Morgan fingerprint density at radius 3 is 2.42 bits per heavy atom. The summed E-state index contributed by atoms with van der Waals surface area (Å²) in [7, 11) is -3.83. The molecule has 0 aliphatic carbocycles. The standard InChI is InChI=1S/C21H23N3O6S/c1-14(20(26)23-17-7-9-18(10-8-17)31(22,28)29)30-21(27)16-11-19(25)24(13-16)12-15-5-3-2-4-6-15/h2-10,14,16H,11-13H2,1H3,(H,23,26)(H2,22,28,29)/t14-,16+/m1/s1. The van der Waals surface area contributed by atoms with Gasteiger partial charge in [0.1, 0.15) is 0 Å². The zero-order valence-electron chi connectivity index (χ0n) is 16.9. The normalized spacial score (nSPS) is 17.3. The topological polar surface area (TPSA) is 136 Å². The van der Waals surface area contributed by atoms with E-state index < -0.39 is 33.9 Å². The molecule has 0 spiro atoms. The molecule has 10 heteroatoms. The largest absolute Gasteiger partial charge is 0.452 e. The van der Waals surface area contributed by atoms with Crippen LogP contribution < -0.4 is 10.5 Å². The van der Waals surface area contributed by atoms with Crippen LogP contribution in [0.1, 0.15) is 18.9 Å². The van der Waals surface area contributed by atoms with E-state index in [1.165, 1.54) is 31.2 Å². The number of carbonyl (C=O) groups is 3. The molecule has 1 fully saturated rings.